The first-order valence-corrected chi connectivity index (χ1v) is 8.09. The van der Waals surface area contributed by atoms with Gasteiger partial charge in [-0.2, -0.15) is 0 Å². The average Bonchev–Trinajstić information content (AvgIpc) is 2.52. The zero-order valence-corrected chi connectivity index (χ0v) is 13.2. The van der Waals surface area contributed by atoms with Crippen molar-refractivity contribution in [2.75, 3.05) is 18.0 Å². The zero-order chi connectivity index (χ0) is 15.5. The van der Waals surface area contributed by atoms with Crippen LogP contribution in [0.2, 0.25) is 5.02 Å². The summed E-state index contributed by atoms with van der Waals surface area (Å²) in [6.45, 7) is 1.98. The van der Waals surface area contributed by atoms with E-state index in [0.717, 1.165) is 48.3 Å². The van der Waals surface area contributed by atoms with E-state index in [2.05, 4.69) is 16.0 Å². The lowest BCUT2D eigenvalue weighted by Gasteiger charge is -2.35. The molecule has 2 aromatic rings. The van der Waals surface area contributed by atoms with E-state index in [9.17, 15) is 4.79 Å². The van der Waals surface area contributed by atoms with E-state index < -0.39 is 0 Å². The van der Waals surface area contributed by atoms with Gasteiger partial charge in [0.25, 0.3) is 0 Å². The van der Waals surface area contributed by atoms with Crippen molar-refractivity contribution in [2.45, 2.75) is 25.7 Å². The van der Waals surface area contributed by atoms with Gasteiger partial charge >= 0.3 is 0 Å². The summed E-state index contributed by atoms with van der Waals surface area (Å²) in [6, 6.07) is 7.85. The number of nitrogens with zero attached hydrogens (tertiary/aromatic N) is 2. The van der Waals surface area contributed by atoms with Crippen molar-refractivity contribution in [1.29, 1.82) is 0 Å². The molecule has 1 aromatic carbocycles. The van der Waals surface area contributed by atoms with Gasteiger partial charge in [-0.25, -0.2) is 0 Å². The Balaban J connectivity index is 1.84. The van der Waals surface area contributed by atoms with Gasteiger partial charge < -0.3 is 10.6 Å². The number of piperidine rings is 1. The van der Waals surface area contributed by atoms with Crippen molar-refractivity contribution < 1.29 is 4.79 Å². The number of aromatic nitrogens is 1. The molecule has 22 heavy (non-hydrogen) atoms. The molecule has 2 heterocycles. The van der Waals surface area contributed by atoms with Crippen LogP contribution in [0.15, 0.2) is 30.5 Å². The fourth-order valence-electron chi connectivity index (χ4n) is 3.25. The summed E-state index contributed by atoms with van der Waals surface area (Å²) in [7, 11) is 0. The normalized spacial score (nSPS) is 18.6. The Bertz CT molecular complexity index is 689. The van der Waals surface area contributed by atoms with Crippen LogP contribution in [0.4, 0.5) is 5.69 Å². The van der Waals surface area contributed by atoms with Gasteiger partial charge in [-0.15, -0.1) is 0 Å². The molecule has 1 aliphatic heterocycles. The van der Waals surface area contributed by atoms with E-state index in [1.807, 2.05) is 24.4 Å². The molecule has 2 N–H and O–H groups in total. The van der Waals surface area contributed by atoms with Gasteiger partial charge in [-0.3, -0.25) is 9.78 Å². The molecule has 3 rings (SSSR count). The van der Waals surface area contributed by atoms with Crippen LogP contribution in [0.5, 0.6) is 0 Å². The summed E-state index contributed by atoms with van der Waals surface area (Å²) in [4.78, 5) is 17.8. The van der Waals surface area contributed by atoms with Crippen LogP contribution in [0.3, 0.4) is 0 Å². The molecule has 1 fully saturated rings. The molecule has 1 unspecified atom stereocenters. The second kappa shape index (κ2) is 6.53. The molecule has 4 nitrogen and oxygen atoms in total. The third-order valence-electron chi connectivity index (χ3n) is 4.34. The minimum atomic E-state index is -0.210. The maximum absolute atomic E-state index is 11.0. The third-order valence-corrected chi connectivity index (χ3v) is 4.57. The number of primary amides is 1. The highest BCUT2D eigenvalue weighted by molar-refractivity contribution is 6.31. The molecule has 0 aliphatic carbocycles. The number of nitrogens with two attached hydrogens (primary N) is 1. The maximum Gasteiger partial charge on any atom is 0.217 e. The van der Waals surface area contributed by atoms with Crippen molar-refractivity contribution in [1.82, 2.24) is 4.98 Å². The van der Waals surface area contributed by atoms with E-state index in [4.69, 9.17) is 17.3 Å². The van der Waals surface area contributed by atoms with Gasteiger partial charge in [-0.1, -0.05) is 11.6 Å². The minimum Gasteiger partial charge on any atom is -0.371 e. The smallest absolute Gasteiger partial charge is 0.217 e. The van der Waals surface area contributed by atoms with Crippen LogP contribution in [0, 0.1) is 5.92 Å². The Morgan fingerprint density at radius 3 is 3.09 bits per heavy atom. The number of benzene rings is 1. The molecule has 5 heteroatoms. The molecule has 0 saturated carbocycles. The Labute approximate surface area is 135 Å². The van der Waals surface area contributed by atoms with Gasteiger partial charge in [-0.05, 0) is 49.4 Å². The summed E-state index contributed by atoms with van der Waals surface area (Å²) < 4.78 is 0. The molecular formula is C17H20ClN3O. The van der Waals surface area contributed by atoms with Crippen LogP contribution >= 0.6 is 11.6 Å². The standard InChI is InChI=1S/C17H20ClN3O/c18-13-4-5-15-14(10-13)16(7-8-20-15)21-9-1-2-12(11-21)3-6-17(19)22/h4-5,7-8,10,12H,1-3,6,9,11H2,(H2,19,22). The van der Waals surface area contributed by atoms with Gasteiger partial charge in [0.05, 0.1) is 5.52 Å². The number of rotatable bonds is 4. The average molecular weight is 318 g/mol. The van der Waals surface area contributed by atoms with E-state index >= 15 is 0 Å². The van der Waals surface area contributed by atoms with Crippen molar-refractivity contribution in [3.8, 4) is 0 Å². The Morgan fingerprint density at radius 2 is 2.27 bits per heavy atom. The second-order valence-corrected chi connectivity index (χ2v) is 6.39. The Hall–Kier alpha value is -1.81. The van der Waals surface area contributed by atoms with Gasteiger partial charge in [0.1, 0.15) is 0 Å². The largest absolute Gasteiger partial charge is 0.371 e. The quantitative estimate of drug-likeness (QED) is 0.940. The van der Waals surface area contributed by atoms with Gasteiger partial charge in [0, 0.05) is 41.8 Å². The fraction of sp³-hybridized carbons (Fsp3) is 0.412. The minimum absolute atomic E-state index is 0.210. The number of carbonyl (C=O) groups excluding carboxylic acids is 1. The lowest BCUT2D eigenvalue weighted by Crippen LogP contribution is -2.36. The SMILES string of the molecule is NC(=O)CCC1CCCN(c2ccnc3ccc(Cl)cc23)C1. The summed E-state index contributed by atoms with van der Waals surface area (Å²) in [5.74, 6) is 0.307. The number of anilines is 1. The Morgan fingerprint density at radius 1 is 1.41 bits per heavy atom. The molecule has 1 aliphatic rings. The Kier molecular flexibility index (Phi) is 4.48. The summed E-state index contributed by atoms with van der Waals surface area (Å²) in [5.41, 5.74) is 7.41. The highest BCUT2D eigenvalue weighted by atomic mass is 35.5. The van der Waals surface area contributed by atoms with Crippen LogP contribution in [0.25, 0.3) is 10.9 Å². The number of pyridine rings is 1. The highest BCUT2D eigenvalue weighted by Crippen LogP contribution is 2.31. The molecule has 1 amide bonds. The number of halogens is 1. The van der Waals surface area contributed by atoms with E-state index in [1.54, 1.807) is 0 Å². The molecule has 1 aromatic heterocycles. The van der Waals surface area contributed by atoms with Crippen molar-refractivity contribution in [2.24, 2.45) is 11.7 Å². The van der Waals surface area contributed by atoms with Gasteiger partial charge in [0.15, 0.2) is 0 Å². The predicted octanol–water partition coefficient (Wildman–Crippen LogP) is 3.37. The van der Waals surface area contributed by atoms with Crippen LogP contribution in [-0.4, -0.2) is 24.0 Å². The molecule has 1 saturated heterocycles. The molecule has 0 radical (unpaired) electrons. The first kappa shape index (κ1) is 15.1. The van der Waals surface area contributed by atoms with E-state index in [1.165, 1.54) is 5.69 Å². The van der Waals surface area contributed by atoms with E-state index in [-0.39, 0.29) is 5.91 Å². The number of hydrogen-bond donors (Lipinski definition) is 1. The van der Waals surface area contributed by atoms with Crippen LogP contribution in [0.1, 0.15) is 25.7 Å². The zero-order valence-electron chi connectivity index (χ0n) is 12.5. The summed E-state index contributed by atoms with van der Waals surface area (Å²) >= 11 is 6.15. The van der Waals surface area contributed by atoms with Crippen LogP contribution in [-0.2, 0) is 4.79 Å². The molecular weight excluding hydrogens is 298 g/mol. The maximum atomic E-state index is 11.0. The number of amides is 1. The fourth-order valence-corrected chi connectivity index (χ4v) is 3.42. The molecule has 116 valence electrons. The van der Waals surface area contributed by atoms with Crippen molar-refractivity contribution in [3.63, 3.8) is 0 Å². The topological polar surface area (TPSA) is 59.2 Å². The van der Waals surface area contributed by atoms with Crippen molar-refractivity contribution in [3.05, 3.63) is 35.5 Å². The second-order valence-electron chi connectivity index (χ2n) is 5.95. The molecule has 0 spiro atoms. The highest BCUT2D eigenvalue weighted by Gasteiger charge is 2.21. The van der Waals surface area contributed by atoms with Crippen LogP contribution < -0.4 is 10.6 Å². The monoisotopic (exact) mass is 317 g/mol. The number of carbonyl (C=O) groups is 1. The van der Waals surface area contributed by atoms with Crippen molar-refractivity contribution >= 4 is 34.1 Å². The lowest BCUT2D eigenvalue weighted by molar-refractivity contribution is -0.118. The lowest BCUT2D eigenvalue weighted by atomic mass is 9.92. The first-order valence-electron chi connectivity index (χ1n) is 7.71. The van der Waals surface area contributed by atoms with Gasteiger partial charge in [0.2, 0.25) is 5.91 Å². The first-order chi connectivity index (χ1) is 10.6. The number of fused-ring (bicyclic) bond motifs is 1. The number of hydrogen-bond acceptors (Lipinski definition) is 3. The summed E-state index contributed by atoms with van der Waals surface area (Å²) in [5, 5.41) is 1.81. The van der Waals surface area contributed by atoms with E-state index in [0.29, 0.717) is 12.3 Å². The molecule has 1 atom stereocenters. The summed E-state index contributed by atoms with van der Waals surface area (Å²) in [6.07, 6.45) is 5.48. The predicted molar refractivity (Wildman–Crippen MR) is 90.1 cm³/mol. The third kappa shape index (κ3) is 3.33. The molecule has 0 bridgehead atoms.